The third-order valence-electron chi connectivity index (χ3n) is 3.00. The van der Waals surface area contributed by atoms with Crippen molar-refractivity contribution in [1.29, 1.82) is 5.26 Å². The third kappa shape index (κ3) is 2.75. The second-order valence-corrected chi connectivity index (χ2v) is 6.57. The molecule has 21 heavy (non-hydrogen) atoms. The first-order chi connectivity index (χ1) is 10.2. The van der Waals surface area contributed by atoms with Crippen molar-refractivity contribution in [3.8, 4) is 5.40 Å². The maximum atomic E-state index is 12.5. The molecule has 0 aromatic heterocycles. The van der Waals surface area contributed by atoms with E-state index in [1.54, 1.807) is 22.7 Å². The molecule has 0 saturated carbocycles. The monoisotopic (exact) mass is 332 g/mol. The number of carbonyl (C=O) groups excluding carboxylic acids is 1. The molecule has 6 heteroatoms. The second-order valence-electron chi connectivity index (χ2n) is 4.29. The number of anilines is 2. The molecule has 0 bridgehead atoms. The first kappa shape index (κ1) is 14.3. The Hall–Kier alpha value is -1.61. The average molecular weight is 333 g/mol. The smallest absolute Gasteiger partial charge is 0.242 e. The fraction of sp³-hybridized carbons (Fsp3) is 0.0667. The van der Waals surface area contributed by atoms with Gasteiger partial charge in [-0.05, 0) is 42.1 Å². The average Bonchev–Trinajstić information content (AvgIpc) is 2.50. The summed E-state index contributed by atoms with van der Waals surface area (Å²) in [5.41, 5.74) is 1.61. The molecule has 0 radical (unpaired) electrons. The highest BCUT2D eigenvalue weighted by atomic mass is 35.5. The van der Waals surface area contributed by atoms with Crippen molar-refractivity contribution in [2.75, 3.05) is 10.7 Å². The van der Waals surface area contributed by atoms with E-state index in [0.717, 1.165) is 32.9 Å². The molecule has 0 spiro atoms. The van der Waals surface area contributed by atoms with E-state index >= 15 is 0 Å². The summed E-state index contributed by atoms with van der Waals surface area (Å²) in [4.78, 5) is 16.1. The van der Waals surface area contributed by atoms with E-state index in [1.807, 2.05) is 41.8 Å². The Bertz CT molecular complexity index is 758. The van der Waals surface area contributed by atoms with Crippen molar-refractivity contribution in [1.82, 2.24) is 0 Å². The first-order valence-electron chi connectivity index (χ1n) is 6.11. The number of rotatable bonds is 2. The number of benzene rings is 2. The van der Waals surface area contributed by atoms with Crippen LogP contribution in [0.1, 0.15) is 0 Å². The quantitative estimate of drug-likeness (QED) is 0.749. The van der Waals surface area contributed by atoms with Crippen LogP contribution in [0.15, 0.2) is 52.3 Å². The van der Waals surface area contributed by atoms with Crippen LogP contribution in [0.3, 0.4) is 0 Å². The summed E-state index contributed by atoms with van der Waals surface area (Å²) in [5.74, 6) is -0.0145. The predicted molar refractivity (Wildman–Crippen MR) is 87.2 cm³/mol. The van der Waals surface area contributed by atoms with Crippen LogP contribution in [0, 0.1) is 10.7 Å². The summed E-state index contributed by atoms with van der Waals surface area (Å²) in [6.45, 7) is 0. The van der Waals surface area contributed by atoms with Crippen molar-refractivity contribution in [2.24, 2.45) is 0 Å². The van der Waals surface area contributed by atoms with E-state index in [1.165, 1.54) is 0 Å². The Morgan fingerprint density at radius 1 is 1.24 bits per heavy atom. The molecule has 104 valence electrons. The SMILES string of the molecule is N#CSCC(=O)N1c2ccccc2Sc2ccc(Cl)cc21. The maximum absolute atomic E-state index is 12.5. The Balaban J connectivity index is 2.11. The molecular weight excluding hydrogens is 324 g/mol. The van der Waals surface area contributed by atoms with E-state index in [9.17, 15) is 4.79 Å². The molecule has 2 aromatic rings. The molecule has 0 saturated heterocycles. The lowest BCUT2D eigenvalue weighted by molar-refractivity contribution is -0.115. The van der Waals surface area contributed by atoms with Crippen molar-refractivity contribution in [3.05, 3.63) is 47.5 Å². The van der Waals surface area contributed by atoms with Gasteiger partial charge in [0, 0.05) is 14.8 Å². The topological polar surface area (TPSA) is 44.1 Å². The van der Waals surface area contributed by atoms with Crippen LogP contribution < -0.4 is 4.90 Å². The normalized spacial score (nSPS) is 12.3. The molecule has 0 atom stereocenters. The van der Waals surface area contributed by atoms with Gasteiger partial charge < -0.3 is 0 Å². The molecule has 3 nitrogen and oxygen atoms in total. The lowest BCUT2D eigenvalue weighted by Gasteiger charge is -2.31. The second kappa shape index (κ2) is 6.02. The number of nitrogens with zero attached hydrogens (tertiary/aromatic N) is 2. The van der Waals surface area contributed by atoms with E-state index in [2.05, 4.69) is 0 Å². The van der Waals surface area contributed by atoms with E-state index in [4.69, 9.17) is 16.9 Å². The van der Waals surface area contributed by atoms with Gasteiger partial charge in [0.05, 0.1) is 17.1 Å². The highest BCUT2D eigenvalue weighted by molar-refractivity contribution is 8.04. The van der Waals surface area contributed by atoms with Gasteiger partial charge >= 0.3 is 0 Å². The van der Waals surface area contributed by atoms with Gasteiger partial charge in [0.2, 0.25) is 5.91 Å². The number of amides is 1. The molecule has 1 aliphatic heterocycles. The Morgan fingerprint density at radius 3 is 2.81 bits per heavy atom. The van der Waals surface area contributed by atoms with E-state index in [-0.39, 0.29) is 11.7 Å². The minimum Gasteiger partial charge on any atom is -0.278 e. The molecule has 0 fully saturated rings. The van der Waals surface area contributed by atoms with Gasteiger partial charge in [-0.2, -0.15) is 5.26 Å². The number of carbonyl (C=O) groups is 1. The third-order valence-corrected chi connectivity index (χ3v) is 4.88. The maximum Gasteiger partial charge on any atom is 0.242 e. The zero-order valence-corrected chi connectivity index (χ0v) is 13.1. The van der Waals surface area contributed by atoms with Gasteiger partial charge in [0.15, 0.2) is 0 Å². The molecule has 2 aromatic carbocycles. The van der Waals surface area contributed by atoms with Crippen LogP contribution >= 0.6 is 35.1 Å². The summed E-state index contributed by atoms with van der Waals surface area (Å²) < 4.78 is 0. The molecule has 1 amide bonds. The molecule has 0 aliphatic carbocycles. The van der Waals surface area contributed by atoms with Crippen molar-refractivity contribution in [3.63, 3.8) is 0 Å². The van der Waals surface area contributed by atoms with Gasteiger partial charge in [0.25, 0.3) is 0 Å². The Morgan fingerprint density at radius 2 is 2.00 bits per heavy atom. The van der Waals surface area contributed by atoms with Crippen LogP contribution in [0.4, 0.5) is 11.4 Å². The number of halogens is 1. The number of thiocyanates is 1. The predicted octanol–water partition coefficient (Wildman–Crippen LogP) is 4.68. The van der Waals surface area contributed by atoms with E-state index in [0.29, 0.717) is 5.02 Å². The standard InChI is InChI=1S/C15H9ClN2OS2/c16-10-5-6-14-12(7-10)18(15(19)8-20-9-17)11-3-1-2-4-13(11)21-14/h1-7H,8H2. The fourth-order valence-electron chi connectivity index (χ4n) is 2.16. The van der Waals surface area contributed by atoms with Gasteiger partial charge in [-0.1, -0.05) is 35.5 Å². The highest BCUT2D eigenvalue weighted by Crippen LogP contribution is 2.48. The van der Waals surface area contributed by atoms with Gasteiger partial charge in [-0.25, -0.2) is 0 Å². The summed E-state index contributed by atoms with van der Waals surface area (Å²) in [5, 5.41) is 11.2. The molecule has 1 aliphatic rings. The van der Waals surface area contributed by atoms with Crippen LogP contribution in [0.2, 0.25) is 5.02 Å². The van der Waals surface area contributed by atoms with Crippen molar-refractivity contribution >= 4 is 52.4 Å². The lowest BCUT2D eigenvalue weighted by Crippen LogP contribution is -2.29. The van der Waals surface area contributed by atoms with Crippen LogP contribution in [-0.2, 0) is 4.79 Å². The molecule has 3 rings (SSSR count). The number of thioether (sulfide) groups is 1. The minimum absolute atomic E-state index is 0.113. The van der Waals surface area contributed by atoms with Crippen LogP contribution in [0.5, 0.6) is 0 Å². The van der Waals surface area contributed by atoms with Crippen LogP contribution in [0.25, 0.3) is 0 Å². The zero-order valence-electron chi connectivity index (χ0n) is 10.7. The largest absolute Gasteiger partial charge is 0.278 e. The summed E-state index contributed by atoms with van der Waals surface area (Å²) in [6, 6.07) is 13.2. The Labute approximate surface area is 135 Å². The van der Waals surface area contributed by atoms with Gasteiger partial charge in [-0.15, -0.1) is 0 Å². The van der Waals surface area contributed by atoms with Crippen LogP contribution in [-0.4, -0.2) is 11.7 Å². The van der Waals surface area contributed by atoms with E-state index < -0.39 is 0 Å². The molecule has 0 unspecified atom stereocenters. The minimum atomic E-state index is -0.127. The highest BCUT2D eigenvalue weighted by Gasteiger charge is 2.28. The summed E-state index contributed by atoms with van der Waals surface area (Å²) in [7, 11) is 0. The number of nitriles is 1. The van der Waals surface area contributed by atoms with Gasteiger partial charge in [0.1, 0.15) is 5.40 Å². The molecular formula is C15H9ClN2OS2. The lowest BCUT2D eigenvalue weighted by atomic mass is 10.2. The van der Waals surface area contributed by atoms with Crippen molar-refractivity contribution < 1.29 is 4.79 Å². The Kier molecular flexibility index (Phi) is 4.11. The summed E-state index contributed by atoms with van der Waals surface area (Å²) >= 11 is 8.62. The van der Waals surface area contributed by atoms with Gasteiger partial charge in [-0.3, -0.25) is 9.69 Å². The first-order valence-corrected chi connectivity index (χ1v) is 8.29. The number of hydrogen-bond acceptors (Lipinski definition) is 4. The fourth-order valence-corrected chi connectivity index (χ4v) is 3.68. The molecule has 1 heterocycles. The summed E-state index contributed by atoms with van der Waals surface area (Å²) in [6.07, 6.45) is 0. The van der Waals surface area contributed by atoms with Crippen molar-refractivity contribution in [2.45, 2.75) is 9.79 Å². The zero-order chi connectivity index (χ0) is 14.8. The number of para-hydroxylation sites is 1. The molecule has 0 N–H and O–H groups in total. The number of hydrogen-bond donors (Lipinski definition) is 0. The number of fused-ring (bicyclic) bond motifs is 2.